The van der Waals surface area contributed by atoms with Crippen molar-refractivity contribution in [2.45, 2.75) is 24.8 Å². The van der Waals surface area contributed by atoms with Gasteiger partial charge in [-0.2, -0.15) is 0 Å². The van der Waals surface area contributed by atoms with Crippen molar-refractivity contribution in [2.24, 2.45) is 5.92 Å². The van der Waals surface area contributed by atoms with E-state index in [-0.39, 0.29) is 0 Å². The Morgan fingerprint density at radius 3 is 3.25 bits per heavy atom. The van der Waals surface area contributed by atoms with Crippen molar-refractivity contribution in [1.29, 1.82) is 0 Å². The number of allylic oxidation sites excluding steroid dienone is 3. The molecule has 86 valence electrons. The van der Waals surface area contributed by atoms with Gasteiger partial charge in [-0.25, -0.2) is 0 Å². The van der Waals surface area contributed by atoms with Crippen molar-refractivity contribution in [3.05, 3.63) is 36.5 Å². The Hall–Kier alpha value is -1.35. The molecule has 0 amide bonds. The maximum Gasteiger partial charge on any atom is 0.324 e. The van der Waals surface area contributed by atoms with Crippen LogP contribution in [0.5, 0.6) is 0 Å². The molecule has 16 heavy (non-hydrogen) atoms. The van der Waals surface area contributed by atoms with Gasteiger partial charge >= 0.3 is 5.97 Å². The lowest BCUT2D eigenvalue weighted by molar-refractivity contribution is -0.146. The molecule has 1 saturated heterocycles. The molecule has 1 aliphatic heterocycles. The summed E-state index contributed by atoms with van der Waals surface area (Å²) in [5.41, 5.74) is 0.512. The van der Waals surface area contributed by atoms with E-state index in [1.165, 1.54) is 5.57 Å². The minimum Gasteiger partial charge on any atom is -0.480 e. The average Bonchev–Trinajstić information content (AvgIpc) is 2.29. The summed E-state index contributed by atoms with van der Waals surface area (Å²) in [5.74, 6) is -0.386. The maximum atomic E-state index is 11.4. The van der Waals surface area contributed by atoms with E-state index < -0.39 is 11.5 Å². The summed E-state index contributed by atoms with van der Waals surface area (Å²) in [4.78, 5) is 11.4. The van der Waals surface area contributed by atoms with Crippen LogP contribution in [0.3, 0.4) is 0 Å². The molecule has 2 rings (SSSR count). The monoisotopic (exact) mass is 219 g/mol. The van der Waals surface area contributed by atoms with Crippen LogP contribution in [0, 0.1) is 5.92 Å². The van der Waals surface area contributed by atoms with Crippen LogP contribution in [0.25, 0.3) is 0 Å². The van der Waals surface area contributed by atoms with Crippen molar-refractivity contribution in [2.75, 3.05) is 6.54 Å². The molecule has 0 saturated carbocycles. The zero-order chi connectivity index (χ0) is 11.6. The Kier molecular flexibility index (Phi) is 2.97. The summed E-state index contributed by atoms with van der Waals surface area (Å²) < 4.78 is 0. The molecule has 0 radical (unpaired) electrons. The lowest BCUT2D eigenvalue weighted by Crippen LogP contribution is -2.57. The van der Waals surface area contributed by atoms with Crippen LogP contribution in [-0.2, 0) is 4.79 Å². The van der Waals surface area contributed by atoms with Crippen LogP contribution in [0.15, 0.2) is 36.5 Å². The van der Waals surface area contributed by atoms with E-state index in [2.05, 4.69) is 30.1 Å². The van der Waals surface area contributed by atoms with E-state index in [1.807, 2.05) is 0 Å². The second-order valence-electron chi connectivity index (χ2n) is 4.54. The maximum absolute atomic E-state index is 11.4. The zero-order valence-electron chi connectivity index (χ0n) is 9.28. The SMILES string of the molecule is C=CCC1(C(=O)O)CC2CC=CC=C2CN1. The zero-order valence-corrected chi connectivity index (χ0v) is 9.28. The molecule has 0 aromatic heterocycles. The summed E-state index contributed by atoms with van der Waals surface area (Å²) in [6.07, 6.45) is 10.0. The Morgan fingerprint density at radius 1 is 1.75 bits per heavy atom. The number of piperidine rings is 1. The molecule has 1 heterocycles. The lowest BCUT2D eigenvalue weighted by atomic mass is 9.75. The summed E-state index contributed by atoms with van der Waals surface area (Å²) in [6, 6.07) is 0. The highest BCUT2D eigenvalue weighted by molar-refractivity contribution is 5.79. The average molecular weight is 219 g/mol. The van der Waals surface area contributed by atoms with Gasteiger partial charge in [0.15, 0.2) is 0 Å². The summed E-state index contributed by atoms with van der Waals surface area (Å²) in [7, 11) is 0. The van der Waals surface area contributed by atoms with Gasteiger partial charge < -0.3 is 5.11 Å². The number of rotatable bonds is 3. The fraction of sp³-hybridized carbons (Fsp3) is 0.462. The van der Waals surface area contributed by atoms with E-state index >= 15 is 0 Å². The number of aliphatic carboxylic acids is 1. The van der Waals surface area contributed by atoms with Crippen LogP contribution in [-0.4, -0.2) is 23.2 Å². The first-order chi connectivity index (χ1) is 7.68. The van der Waals surface area contributed by atoms with Crippen molar-refractivity contribution >= 4 is 5.97 Å². The highest BCUT2D eigenvalue weighted by atomic mass is 16.4. The Morgan fingerprint density at radius 2 is 2.56 bits per heavy atom. The molecule has 0 aromatic carbocycles. The molecule has 2 N–H and O–H groups in total. The Balaban J connectivity index is 2.20. The van der Waals surface area contributed by atoms with Gasteiger partial charge in [-0.1, -0.05) is 29.9 Å². The molecule has 3 heteroatoms. The summed E-state index contributed by atoms with van der Waals surface area (Å²) in [6.45, 7) is 4.33. The van der Waals surface area contributed by atoms with Crippen LogP contribution in [0.4, 0.5) is 0 Å². The largest absolute Gasteiger partial charge is 0.480 e. The van der Waals surface area contributed by atoms with Crippen LogP contribution in [0.2, 0.25) is 0 Å². The highest BCUT2D eigenvalue weighted by Crippen LogP contribution is 2.35. The predicted octanol–water partition coefficient (Wildman–Crippen LogP) is 1.88. The first-order valence-electron chi connectivity index (χ1n) is 5.63. The fourth-order valence-electron chi connectivity index (χ4n) is 2.56. The summed E-state index contributed by atoms with van der Waals surface area (Å²) >= 11 is 0. The predicted molar refractivity (Wildman–Crippen MR) is 63.1 cm³/mol. The smallest absolute Gasteiger partial charge is 0.324 e. The van der Waals surface area contributed by atoms with E-state index in [9.17, 15) is 9.90 Å². The van der Waals surface area contributed by atoms with Crippen LogP contribution in [0.1, 0.15) is 19.3 Å². The van der Waals surface area contributed by atoms with Gasteiger partial charge in [0.05, 0.1) is 0 Å². The molecule has 1 fully saturated rings. The Labute approximate surface area is 95.5 Å². The second kappa shape index (κ2) is 4.26. The van der Waals surface area contributed by atoms with Crippen molar-refractivity contribution in [1.82, 2.24) is 5.32 Å². The second-order valence-corrected chi connectivity index (χ2v) is 4.54. The van der Waals surface area contributed by atoms with Crippen LogP contribution >= 0.6 is 0 Å². The molecule has 2 atom stereocenters. The first kappa shape index (κ1) is 11.1. The highest BCUT2D eigenvalue weighted by Gasteiger charge is 2.43. The molecular formula is C13H17NO2. The third-order valence-corrected chi connectivity index (χ3v) is 3.52. The quantitative estimate of drug-likeness (QED) is 0.712. The van der Waals surface area contributed by atoms with Gasteiger partial charge in [0.2, 0.25) is 0 Å². The van der Waals surface area contributed by atoms with Gasteiger partial charge in [0.25, 0.3) is 0 Å². The Bertz CT molecular complexity index is 370. The molecule has 2 unspecified atom stereocenters. The fourth-order valence-corrected chi connectivity index (χ4v) is 2.56. The van der Waals surface area contributed by atoms with E-state index in [0.717, 1.165) is 6.42 Å². The molecule has 0 spiro atoms. The molecule has 0 aromatic rings. The third kappa shape index (κ3) is 1.83. The van der Waals surface area contributed by atoms with E-state index in [4.69, 9.17) is 0 Å². The number of carbonyl (C=O) groups is 1. The molecule has 0 bridgehead atoms. The number of nitrogens with one attached hydrogen (secondary N) is 1. The topological polar surface area (TPSA) is 49.3 Å². The molecular weight excluding hydrogens is 202 g/mol. The van der Waals surface area contributed by atoms with Crippen molar-refractivity contribution in [3.8, 4) is 0 Å². The van der Waals surface area contributed by atoms with Gasteiger partial charge in [-0.3, -0.25) is 10.1 Å². The first-order valence-corrected chi connectivity index (χ1v) is 5.63. The standard InChI is InChI=1S/C13H17NO2/c1-2-7-13(12(15)16)8-10-5-3-4-6-11(10)9-14-13/h2-4,6,10,14H,1,5,7-9H2,(H,15,16). The van der Waals surface area contributed by atoms with E-state index in [0.29, 0.717) is 25.3 Å². The normalized spacial score (nSPS) is 32.8. The summed E-state index contributed by atoms with van der Waals surface area (Å²) in [5, 5.41) is 12.5. The van der Waals surface area contributed by atoms with Crippen LogP contribution < -0.4 is 5.32 Å². The molecule has 2 aliphatic rings. The molecule has 1 aliphatic carbocycles. The number of carboxylic acids is 1. The minimum absolute atomic E-state index is 0.377. The number of fused-ring (bicyclic) bond motifs is 1. The lowest BCUT2D eigenvalue weighted by Gasteiger charge is -2.40. The number of carboxylic acid groups (broad SMARTS) is 1. The molecule has 3 nitrogen and oxygen atoms in total. The number of hydrogen-bond donors (Lipinski definition) is 2. The van der Waals surface area contributed by atoms with Crippen molar-refractivity contribution < 1.29 is 9.90 Å². The van der Waals surface area contributed by atoms with Crippen molar-refractivity contribution in [3.63, 3.8) is 0 Å². The minimum atomic E-state index is -0.811. The van der Waals surface area contributed by atoms with Gasteiger partial charge in [0, 0.05) is 6.54 Å². The third-order valence-electron chi connectivity index (χ3n) is 3.52. The van der Waals surface area contributed by atoms with E-state index in [1.54, 1.807) is 6.08 Å². The van der Waals surface area contributed by atoms with Gasteiger partial charge in [-0.05, 0) is 25.2 Å². The van der Waals surface area contributed by atoms with Gasteiger partial charge in [0.1, 0.15) is 5.54 Å². The number of hydrogen-bond acceptors (Lipinski definition) is 2. The van der Waals surface area contributed by atoms with Gasteiger partial charge in [-0.15, -0.1) is 6.58 Å².